The van der Waals surface area contributed by atoms with Gasteiger partial charge < -0.3 is 9.05 Å². The van der Waals surface area contributed by atoms with E-state index in [0.717, 1.165) is 11.5 Å². The largest absolute Gasteiger partial charge is 0.464 e. The van der Waals surface area contributed by atoms with Gasteiger partial charge >= 0.3 is 0 Å². The Hall–Kier alpha value is -4.74. The Morgan fingerprint density at radius 3 is 1.02 bits per heavy atom. The second kappa shape index (κ2) is 12.0. The van der Waals surface area contributed by atoms with Gasteiger partial charge in [-0.1, -0.05) is 170 Å². The average Bonchev–Trinajstić information content (AvgIpc) is 3.69. The lowest BCUT2D eigenvalue weighted by molar-refractivity contribution is 0.589. The van der Waals surface area contributed by atoms with E-state index >= 15 is 0 Å². The van der Waals surface area contributed by atoms with Crippen molar-refractivity contribution in [3.63, 3.8) is 0 Å². The third-order valence-electron chi connectivity index (χ3n) is 8.34. The highest BCUT2D eigenvalue weighted by Gasteiger charge is 2.44. The molecule has 216 valence electrons. The van der Waals surface area contributed by atoms with Gasteiger partial charge in [0, 0.05) is 32.3 Å². The lowest BCUT2D eigenvalue weighted by atomic mass is 9.77. The average molecular weight is 617 g/mol. The van der Waals surface area contributed by atoms with Crippen LogP contribution in [0, 0.1) is 0 Å². The molecule has 0 saturated carbocycles. The van der Waals surface area contributed by atoms with Crippen molar-refractivity contribution in [1.82, 2.24) is 0 Å². The number of rotatable bonds is 8. The molecule has 0 radical (unpaired) electrons. The van der Waals surface area contributed by atoms with Crippen molar-refractivity contribution in [1.29, 1.82) is 0 Å². The van der Waals surface area contributed by atoms with Crippen LogP contribution >= 0.6 is 16.3 Å². The molecule has 1 spiro atoms. The maximum Gasteiger partial charge on any atom is 0.150 e. The molecule has 0 heterocycles. The molecular weight excluding hydrogens is 586 g/mol. The minimum Gasteiger partial charge on any atom is -0.464 e. The fraction of sp³-hybridized carbons (Fsp3) is 0.0244. The second-order valence-electron chi connectivity index (χ2n) is 11.1. The van der Waals surface area contributed by atoms with Crippen molar-refractivity contribution in [2.24, 2.45) is 0 Å². The molecule has 4 heteroatoms. The van der Waals surface area contributed by atoms with Crippen LogP contribution in [0.1, 0.15) is 22.3 Å². The van der Waals surface area contributed by atoms with Crippen molar-refractivity contribution in [2.45, 2.75) is 5.41 Å². The van der Waals surface area contributed by atoms with Gasteiger partial charge in [-0.05, 0) is 23.3 Å². The molecule has 0 aliphatic heterocycles. The molecule has 8 rings (SSSR count). The first-order valence-corrected chi connectivity index (χ1v) is 17.6. The van der Waals surface area contributed by atoms with Gasteiger partial charge in [0.2, 0.25) is 0 Å². The summed E-state index contributed by atoms with van der Waals surface area (Å²) < 4.78 is 14.3. The molecule has 0 unspecified atom stereocenters. The molecule has 2 aliphatic carbocycles. The molecule has 6 aromatic carbocycles. The minimum atomic E-state index is -1.09. The van der Waals surface area contributed by atoms with E-state index in [1.54, 1.807) is 0 Å². The van der Waals surface area contributed by atoms with Gasteiger partial charge in [-0.2, -0.15) is 0 Å². The van der Waals surface area contributed by atoms with Crippen molar-refractivity contribution in [3.8, 4) is 11.5 Å². The lowest BCUT2D eigenvalue weighted by Gasteiger charge is -2.31. The molecule has 6 aromatic rings. The summed E-state index contributed by atoms with van der Waals surface area (Å²) in [5.74, 6) is 1.80. The minimum absolute atomic E-state index is 0.499. The van der Waals surface area contributed by atoms with Gasteiger partial charge in [0.1, 0.15) is 11.5 Å². The summed E-state index contributed by atoms with van der Waals surface area (Å²) in [5, 5.41) is 4.72. The molecule has 0 saturated heterocycles. The molecule has 0 bridgehead atoms. The highest BCUT2D eigenvalue weighted by atomic mass is 31.1. The summed E-state index contributed by atoms with van der Waals surface area (Å²) >= 11 is 0. The molecule has 2 aliphatic rings. The van der Waals surface area contributed by atoms with E-state index in [1.165, 1.54) is 43.5 Å². The van der Waals surface area contributed by atoms with Crippen LogP contribution in [0.2, 0.25) is 0 Å². The molecular formula is C41H30O2P2. The predicted octanol–water partition coefficient (Wildman–Crippen LogP) is 8.88. The quantitative estimate of drug-likeness (QED) is 0.159. The maximum atomic E-state index is 7.14. The van der Waals surface area contributed by atoms with E-state index in [-0.39, 0.29) is 0 Å². The van der Waals surface area contributed by atoms with E-state index in [2.05, 4.69) is 182 Å². The Kier molecular flexibility index (Phi) is 7.40. The predicted molar refractivity (Wildman–Crippen MR) is 191 cm³/mol. The molecule has 45 heavy (non-hydrogen) atoms. The Balaban J connectivity index is 1.24. The normalized spacial score (nSPS) is 13.7. The van der Waals surface area contributed by atoms with Crippen LogP contribution in [0.4, 0.5) is 0 Å². The summed E-state index contributed by atoms with van der Waals surface area (Å²) in [6.07, 6.45) is 9.12. The molecule has 0 fully saturated rings. The second-order valence-corrected chi connectivity index (χ2v) is 14.7. The fourth-order valence-corrected chi connectivity index (χ4v) is 9.81. The molecule has 2 nitrogen and oxygen atoms in total. The van der Waals surface area contributed by atoms with E-state index in [4.69, 9.17) is 9.05 Å². The van der Waals surface area contributed by atoms with Gasteiger partial charge in [-0.15, -0.1) is 0 Å². The lowest BCUT2D eigenvalue weighted by Crippen LogP contribution is -2.23. The summed E-state index contributed by atoms with van der Waals surface area (Å²) in [4.78, 5) is 0. The van der Waals surface area contributed by atoms with Crippen LogP contribution in [0.3, 0.4) is 0 Å². The Labute approximate surface area is 267 Å². The molecule has 0 atom stereocenters. The molecule has 0 aromatic heterocycles. The summed E-state index contributed by atoms with van der Waals surface area (Å²) in [6, 6.07) is 55.2. The van der Waals surface area contributed by atoms with Gasteiger partial charge in [0.25, 0.3) is 0 Å². The van der Waals surface area contributed by atoms with Crippen LogP contribution in [0.25, 0.3) is 12.2 Å². The summed E-state index contributed by atoms with van der Waals surface area (Å²) in [5.41, 5.74) is 4.17. The van der Waals surface area contributed by atoms with E-state index < -0.39 is 21.7 Å². The first-order chi connectivity index (χ1) is 22.3. The highest BCUT2D eigenvalue weighted by molar-refractivity contribution is 7.69. The zero-order chi connectivity index (χ0) is 30.1. The zero-order valence-corrected chi connectivity index (χ0v) is 26.3. The third-order valence-corrected chi connectivity index (χ3v) is 12.2. The van der Waals surface area contributed by atoms with Crippen molar-refractivity contribution >= 4 is 49.7 Å². The van der Waals surface area contributed by atoms with Gasteiger partial charge in [0.15, 0.2) is 16.3 Å². The van der Waals surface area contributed by atoms with Crippen molar-refractivity contribution in [3.05, 3.63) is 192 Å². The standard InChI is InChI=1S/C41H30O2P2/c1-5-17-33(18-6-1)44(34-19-7-2-8-20-34)42-37-25-13-15-31-27-29-41(39(31)37)30-28-32-16-14-26-38(40(32)41)43-45(35-21-9-3-10-22-35)36-23-11-4-12-24-36/h1-30H. The van der Waals surface area contributed by atoms with Gasteiger partial charge in [-0.3, -0.25) is 0 Å². The van der Waals surface area contributed by atoms with E-state index in [0.29, 0.717) is 0 Å². The van der Waals surface area contributed by atoms with Crippen LogP contribution in [-0.2, 0) is 5.41 Å². The summed E-state index contributed by atoms with van der Waals surface area (Å²) in [6.45, 7) is 0. The summed E-state index contributed by atoms with van der Waals surface area (Å²) in [7, 11) is -2.19. The van der Waals surface area contributed by atoms with Crippen LogP contribution < -0.4 is 30.3 Å². The van der Waals surface area contributed by atoms with Crippen LogP contribution in [0.5, 0.6) is 11.5 Å². The smallest absolute Gasteiger partial charge is 0.150 e. The van der Waals surface area contributed by atoms with Gasteiger partial charge in [-0.25, -0.2) is 0 Å². The fourth-order valence-electron chi connectivity index (χ4n) is 6.33. The molecule has 0 N–H and O–H groups in total. The Morgan fingerprint density at radius 1 is 0.356 bits per heavy atom. The number of hydrogen-bond donors (Lipinski definition) is 0. The van der Waals surface area contributed by atoms with Crippen molar-refractivity contribution in [2.75, 3.05) is 0 Å². The molecule has 0 amide bonds. The number of benzene rings is 6. The number of hydrogen-bond acceptors (Lipinski definition) is 2. The topological polar surface area (TPSA) is 18.5 Å². The highest BCUT2D eigenvalue weighted by Crippen LogP contribution is 2.56. The maximum absolute atomic E-state index is 7.14. The van der Waals surface area contributed by atoms with Gasteiger partial charge in [0.05, 0.1) is 5.41 Å². The number of allylic oxidation sites excluding steroid dienone is 2. The monoisotopic (exact) mass is 616 g/mol. The first kappa shape index (κ1) is 27.8. The Bertz CT molecular complexity index is 1780. The van der Waals surface area contributed by atoms with E-state index in [1.807, 2.05) is 0 Å². The SMILES string of the molecule is C1=CC2(C=Cc3cccc(OP(c4ccccc4)c4ccccc4)c32)c2c1cccc2OP(c1ccccc1)c1ccccc1. The van der Waals surface area contributed by atoms with Crippen LogP contribution in [0.15, 0.2) is 170 Å². The first-order valence-electron chi connectivity index (χ1n) is 15.1. The van der Waals surface area contributed by atoms with E-state index in [9.17, 15) is 0 Å². The number of fused-ring (bicyclic) bond motifs is 4. The zero-order valence-electron chi connectivity index (χ0n) is 24.5. The van der Waals surface area contributed by atoms with Crippen LogP contribution in [-0.4, -0.2) is 0 Å². The van der Waals surface area contributed by atoms with Crippen molar-refractivity contribution < 1.29 is 9.05 Å². The third kappa shape index (κ3) is 5.11. The Morgan fingerprint density at radius 2 is 0.689 bits per heavy atom.